The molecule has 6 nitrogen and oxygen atoms in total. The quantitative estimate of drug-likeness (QED) is 0.934. The lowest BCUT2D eigenvalue weighted by Gasteiger charge is -2.25. The molecule has 1 aliphatic rings. The summed E-state index contributed by atoms with van der Waals surface area (Å²) in [6, 6.07) is 4.27. The van der Waals surface area contributed by atoms with Gasteiger partial charge >= 0.3 is 5.97 Å². The summed E-state index contributed by atoms with van der Waals surface area (Å²) in [5.74, 6) is -1.26. The second-order valence-electron chi connectivity index (χ2n) is 5.40. The number of hydrogen-bond acceptors (Lipinski definition) is 4. The van der Waals surface area contributed by atoms with Crippen LogP contribution in [0.5, 0.6) is 0 Å². The van der Waals surface area contributed by atoms with Gasteiger partial charge in [-0.2, -0.15) is 0 Å². The Morgan fingerprint density at radius 3 is 2.68 bits per heavy atom. The molecule has 1 amide bonds. The zero-order chi connectivity index (χ0) is 15.1. The fraction of sp³-hybridized carbons (Fsp3) is 0.400. The number of hydrogen-bond donors (Lipinski definition) is 1. The highest BCUT2D eigenvalue weighted by atomic mass is 35.5. The third-order valence-electron chi connectivity index (χ3n) is 3.67. The normalized spacial score (nSPS) is 15.2. The summed E-state index contributed by atoms with van der Waals surface area (Å²) >= 11 is 0. The van der Waals surface area contributed by atoms with Gasteiger partial charge in [0.25, 0.3) is 5.91 Å². The van der Waals surface area contributed by atoms with Crippen molar-refractivity contribution in [3.05, 3.63) is 29.7 Å². The van der Waals surface area contributed by atoms with Gasteiger partial charge in [-0.25, -0.2) is 9.78 Å². The highest BCUT2D eigenvalue weighted by molar-refractivity contribution is 5.97. The Labute approximate surface area is 133 Å². The van der Waals surface area contributed by atoms with Crippen molar-refractivity contribution in [3.63, 3.8) is 0 Å². The van der Waals surface area contributed by atoms with E-state index in [1.54, 1.807) is 18.2 Å². The summed E-state index contributed by atoms with van der Waals surface area (Å²) in [4.78, 5) is 29.4. The number of aryl methyl sites for hydroxylation is 1. The Bertz CT molecular complexity index is 723. The average Bonchev–Trinajstić information content (AvgIpc) is 3.17. The average molecular weight is 325 g/mol. The van der Waals surface area contributed by atoms with Gasteiger partial charge in [-0.3, -0.25) is 4.79 Å². The monoisotopic (exact) mass is 324 g/mol. The molecule has 0 aliphatic heterocycles. The standard InChI is InChI=1S/C15H16N2O4.ClH/c1-8-3-6-12-11(16-8)7-13(21-12)14(18)17(10-4-5-10)9(2)15(19)20;/h3,6-7,9-10H,4-5H2,1-2H3,(H,19,20);1H. The van der Waals surface area contributed by atoms with E-state index >= 15 is 0 Å². The van der Waals surface area contributed by atoms with Crippen molar-refractivity contribution >= 4 is 35.4 Å². The summed E-state index contributed by atoms with van der Waals surface area (Å²) in [6.07, 6.45) is 1.67. The number of carbonyl (C=O) groups excluding carboxylic acids is 1. The highest BCUT2D eigenvalue weighted by Crippen LogP contribution is 2.31. The van der Waals surface area contributed by atoms with Crippen LogP contribution in [0.15, 0.2) is 22.6 Å². The van der Waals surface area contributed by atoms with Gasteiger partial charge < -0.3 is 14.4 Å². The van der Waals surface area contributed by atoms with Crippen LogP contribution in [0.1, 0.15) is 36.0 Å². The number of rotatable bonds is 4. The smallest absolute Gasteiger partial charge is 0.326 e. The van der Waals surface area contributed by atoms with E-state index in [0.29, 0.717) is 11.1 Å². The number of carbonyl (C=O) groups is 2. The SMILES string of the molecule is Cc1ccc2oc(C(=O)N(C3CC3)C(C)C(=O)O)cc2n1.Cl. The predicted octanol–water partition coefficient (Wildman–Crippen LogP) is 2.64. The minimum atomic E-state index is -1.01. The molecule has 1 atom stereocenters. The van der Waals surface area contributed by atoms with Gasteiger partial charge in [0.2, 0.25) is 0 Å². The lowest BCUT2D eigenvalue weighted by Crippen LogP contribution is -2.44. The molecule has 1 N–H and O–H groups in total. The summed E-state index contributed by atoms with van der Waals surface area (Å²) in [5.41, 5.74) is 1.97. The topological polar surface area (TPSA) is 83.6 Å². The van der Waals surface area contributed by atoms with Gasteiger partial charge in [-0.15, -0.1) is 12.4 Å². The predicted molar refractivity (Wildman–Crippen MR) is 82.3 cm³/mol. The largest absolute Gasteiger partial charge is 0.480 e. The van der Waals surface area contributed by atoms with E-state index in [1.165, 1.54) is 11.8 Å². The molecule has 118 valence electrons. The lowest BCUT2D eigenvalue weighted by molar-refractivity contribution is -0.141. The molecule has 1 saturated carbocycles. The van der Waals surface area contributed by atoms with E-state index in [4.69, 9.17) is 9.52 Å². The third-order valence-corrected chi connectivity index (χ3v) is 3.67. The molecule has 0 saturated heterocycles. The van der Waals surface area contributed by atoms with E-state index in [-0.39, 0.29) is 30.1 Å². The number of amides is 1. The number of furan rings is 1. The Balaban J connectivity index is 0.00000176. The van der Waals surface area contributed by atoms with Gasteiger partial charge in [0.1, 0.15) is 11.6 Å². The van der Waals surface area contributed by atoms with Crippen molar-refractivity contribution in [2.75, 3.05) is 0 Å². The fourth-order valence-corrected chi connectivity index (χ4v) is 2.39. The van der Waals surface area contributed by atoms with Crippen LogP contribution in [0.3, 0.4) is 0 Å². The molecule has 1 aliphatic carbocycles. The van der Waals surface area contributed by atoms with Crippen LogP contribution in [-0.2, 0) is 4.79 Å². The number of aliphatic carboxylic acids is 1. The van der Waals surface area contributed by atoms with Crippen molar-refractivity contribution in [1.82, 2.24) is 9.88 Å². The first-order valence-corrected chi connectivity index (χ1v) is 6.90. The number of halogens is 1. The van der Waals surface area contributed by atoms with Crippen molar-refractivity contribution in [1.29, 1.82) is 0 Å². The van der Waals surface area contributed by atoms with Gasteiger partial charge in [0.05, 0.1) is 0 Å². The highest BCUT2D eigenvalue weighted by Gasteiger charge is 2.39. The zero-order valence-corrected chi connectivity index (χ0v) is 13.1. The number of nitrogens with zero attached hydrogens (tertiary/aromatic N) is 2. The first-order chi connectivity index (χ1) is 9.97. The van der Waals surface area contributed by atoms with Crippen LogP contribution in [0.2, 0.25) is 0 Å². The second-order valence-corrected chi connectivity index (χ2v) is 5.40. The van der Waals surface area contributed by atoms with E-state index < -0.39 is 12.0 Å². The van der Waals surface area contributed by atoms with E-state index in [1.807, 2.05) is 6.92 Å². The Morgan fingerprint density at radius 1 is 1.41 bits per heavy atom. The molecule has 3 rings (SSSR count). The van der Waals surface area contributed by atoms with Crippen LogP contribution in [0.25, 0.3) is 11.1 Å². The number of aromatic nitrogens is 1. The summed E-state index contributed by atoms with van der Waals surface area (Å²) in [6.45, 7) is 3.38. The van der Waals surface area contributed by atoms with Crippen LogP contribution < -0.4 is 0 Å². The molecular formula is C15H17ClN2O4. The van der Waals surface area contributed by atoms with E-state index in [2.05, 4.69) is 4.98 Å². The zero-order valence-electron chi connectivity index (χ0n) is 12.3. The minimum absolute atomic E-state index is 0. The van der Waals surface area contributed by atoms with Crippen molar-refractivity contribution in [2.24, 2.45) is 0 Å². The Morgan fingerprint density at radius 2 is 2.09 bits per heavy atom. The van der Waals surface area contributed by atoms with Crippen LogP contribution in [0, 0.1) is 6.92 Å². The fourth-order valence-electron chi connectivity index (χ4n) is 2.39. The Hall–Kier alpha value is -2.08. The lowest BCUT2D eigenvalue weighted by atomic mass is 10.2. The van der Waals surface area contributed by atoms with Crippen molar-refractivity contribution < 1.29 is 19.1 Å². The maximum absolute atomic E-state index is 12.6. The van der Waals surface area contributed by atoms with Crippen molar-refractivity contribution in [3.8, 4) is 0 Å². The number of pyridine rings is 1. The first kappa shape index (κ1) is 16.3. The first-order valence-electron chi connectivity index (χ1n) is 6.90. The van der Waals surface area contributed by atoms with Gasteiger partial charge in [-0.1, -0.05) is 0 Å². The van der Waals surface area contributed by atoms with Crippen LogP contribution in [-0.4, -0.2) is 39.0 Å². The van der Waals surface area contributed by atoms with Crippen LogP contribution >= 0.6 is 12.4 Å². The molecule has 0 bridgehead atoms. The molecular weight excluding hydrogens is 308 g/mol. The molecule has 2 aromatic heterocycles. The van der Waals surface area contributed by atoms with Gasteiger partial charge in [-0.05, 0) is 38.8 Å². The molecule has 2 aromatic rings. The van der Waals surface area contributed by atoms with Gasteiger partial charge in [0, 0.05) is 17.8 Å². The molecule has 0 aromatic carbocycles. The summed E-state index contributed by atoms with van der Waals surface area (Å²) < 4.78 is 5.53. The van der Waals surface area contributed by atoms with E-state index in [0.717, 1.165) is 18.5 Å². The maximum Gasteiger partial charge on any atom is 0.326 e. The maximum atomic E-state index is 12.6. The summed E-state index contributed by atoms with van der Waals surface area (Å²) in [5, 5.41) is 9.16. The number of fused-ring (bicyclic) bond motifs is 1. The Kier molecular flexibility index (Phi) is 4.42. The van der Waals surface area contributed by atoms with E-state index in [9.17, 15) is 9.59 Å². The molecule has 2 heterocycles. The third kappa shape index (κ3) is 2.92. The molecule has 7 heteroatoms. The molecule has 0 radical (unpaired) electrons. The van der Waals surface area contributed by atoms with Crippen molar-refractivity contribution in [2.45, 2.75) is 38.8 Å². The van der Waals surface area contributed by atoms with Crippen LogP contribution in [0.4, 0.5) is 0 Å². The number of carboxylic acid groups (broad SMARTS) is 1. The molecule has 0 spiro atoms. The summed E-state index contributed by atoms with van der Waals surface area (Å²) in [7, 11) is 0. The second kappa shape index (κ2) is 5.96. The molecule has 1 unspecified atom stereocenters. The number of carboxylic acids is 1. The minimum Gasteiger partial charge on any atom is -0.480 e. The molecule has 1 fully saturated rings. The molecule has 22 heavy (non-hydrogen) atoms. The van der Waals surface area contributed by atoms with Gasteiger partial charge in [0.15, 0.2) is 11.3 Å².